The van der Waals surface area contributed by atoms with Crippen molar-refractivity contribution in [3.05, 3.63) is 67.1 Å². The quantitative estimate of drug-likeness (QED) is 0.335. The molecule has 0 aromatic heterocycles. The lowest BCUT2D eigenvalue weighted by atomic mass is 10.1. The molecule has 24 heavy (non-hydrogen) atoms. The Kier molecular flexibility index (Phi) is 5.58. The number of phenols is 1. The van der Waals surface area contributed by atoms with E-state index in [1.807, 2.05) is 0 Å². The molecule has 0 unspecified atom stereocenters. The monoisotopic (exact) mass is 411 g/mol. The summed E-state index contributed by atoms with van der Waals surface area (Å²) < 4.78 is 5.44. The number of nitro groups is 1. The van der Waals surface area contributed by atoms with E-state index in [-0.39, 0.29) is 27.8 Å². The zero-order chi connectivity index (χ0) is 17.9. The van der Waals surface area contributed by atoms with Gasteiger partial charge in [0, 0.05) is 11.6 Å². The van der Waals surface area contributed by atoms with Crippen molar-refractivity contribution in [1.82, 2.24) is 0 Å². The number of nitrogens with zero attached hydrogens (tertiary/aromatic N) is 1. The summed E-state index contributed by atoms with van der Waals surface area (Å²) in [6.45, 7) is 0. The maximum absolute atomic E-state index is 12.2. The van der Waals surface area contributed by atoms with Crippen molar-refractivity contribution in [2.75, 3.05) is 7.11 Å². The Balaban J connectivity index is 2.30. The summed E-state index contributed by atoms with van der Waals surface area (Å²) in [6, 6.07) is 7.00. The van der Waals surface area contributed by atoms with Crippen molar-refractivity contribution in [2.45, 2.75) is 0 Å². The summed E-state index contributed by atoms with van der Waals surface area (Å²) in [4.78, 5) is 22.4. The van der Waals surface area contributed by atoms with Gasteiger partial charge in [-0.1, -0.05) is 17.7 Å². The summed E-state index contributed by atoms with van der Waals surface area (Å²) in [5.74, 6) is -0.217. The van der Waals surface area contributed by atoms with E-state index in [0.29, 0.717) is 10.0 Å². The van der Waals surface area contributed by atoms with Gasteiger partial charge < -0.3 is 9.84 Å². The van der Waals surface area contributed by atoms with Crippen LogP contribution in [0.2, 0.25) is 5.02 Å². The van der Waals surface area contributed by atoms with Gasteiger partial charge in [-0.05, 0) is 51.8 Å². The molecular weight excluding hydrogens is 402 g/mol. The number of carbonyl (C=O) groups is 1. The lowest BCUT2D eigenvalue weighted by Gasteiger charge is -2.06. The van der Waals surface area contributed by atoms with Crippen molar-refractivity contribution >= 4 is 45.1 Å². The number of phenolic OH excluding ortho intramolecular Hbond substituents is 1. The summed E-state index contributed by atoms with van der Waals surface area (Å²) in [5, 5.41) is 20.6. The van der Waals surface area contributed by atoms with Crippen LogP contribution in [-0.4, -0.2) is 22.9 Å². The van der Waals surface area contributed by atoms with E-state index in [4.69, 9.17) is 16.3 Å². The molecule has 2 aromatic rings. The fraction of sp³-hybridized carbons (Fsp3) is 0.0625. The van der Waals surface area contributed by atoms with Crippen LogP contribution in [-0.2, 0) is 0 Å². The predicted octanol–water partition coefficient (Wildman–Crippen LogP) is 4.62. The second-order valence-corrected chi connectivity index (χ2v) is 5.94. The average molecular weight is 413 g/mol. The zero-order valence-corrected chi connectivity index (χ0v) is 14.7. The molecule has 0 saturated heterocycles. The van der Waals surface area contributed by atoms with Crippen LogP contribution < -0.4 is 4.74 Å². The highest BCUT2D eigenvalue weighted by atomic mass is 79.9. The Morgan fingerprint density at radius 2 is 2.08 bits per heavy atom. The number of halogens is 2. The van der Waals surface area contributed by atoms with Crippen LogP contribution in [0.3, 0.4) is 0 Å². The van der Waals surface area contributed by atoms with E-state index in [1.54, 1.807) is 12.1 Å². The number of rotatable bonds is 5. The Bertz CT molecular complexity index is 851. The van der Waals surface area contributed by atoms with Gasteiger partial charge in [-0.2, -0.15) is 0 Å². The van der Waals surface area contributed by atoms with E-state index in [2.05, 4.69) is 15.9 Å². The Morgan fingerprint density at radius 3 is 2.71 bits per heavy atom. The molecule has 8 heteroatoms. The maximum Gasteiger partial charge on any atom is 0.288 e. The number of allylic oxidation sites excluding steroid dienone is 1. The predicted molar refractivity (Wildman–Crippen MR) is 93.8 cm³/mol. The molecule has 0 aliphatic heterocycles. The van der Waals surface area contributed by atoms with Gasteiger partial charge in [-0.25, -0.2) is 0 Å². The molecule has 0 amide bonds. The fourth-order valence-corrected chi connectivity index (χ4v) is 2.57. The van der Waals surface area contributed by atoms with Gasteiger partial charge in [0.1, 0.15) is 5.02 Å². The summed E-state index contributed by atoms with van der Waals surface area (Å²) >= 11 is 8.91. The first kappa shape index (κ1) is 18.0. The SMILES string of the molecule is COc1cc(/C=C/C(=O)c2ccc(Cl)c([N+](=O)[O-])c2)cc(Br)c1O. The Hall–Kier alpha value is -2.38. The van der Waals surface area contributed by atoms with Gasteiger partial charge in [-0.15, -0.1) is 0 Å². The van der Waals surface area contributed by atoms with Crippen LogP contribution in [0.4, 0.5) is 5.69 Å². The van der Waals surface area contributed by atoms with Crippen molar-refractivity contribution in [1.29, 1.82) is 0 Å². The average Bonchev–Trinajstić information content (AvgIpc) is 2.55. The van der Waals surface area contributed by atoms with Crippen molar-refractivity contribution < 1.29 is 19.6 Å². The van der Waals surface area contributed by atoms with Gasteiger partial charge in [-0.3, -0.25) is 14.9 Å². The first-order valence-corrected chi connectivity index (χ1v) is 7.73. The van der Waals surface area contributed by atoms with Gasteiger partial charge >= 0.3 is 0 Å². The number of carbonyl (C=O) groups excluding carboxylic acids is 1. The van der Waals surface area contributed by atoms with Gasteiger partial charge in [0.05, 0.1) is 16.5 Å². The lowest BCUT2D eigenvalue weighted by molar-refractivity contribution is -0.384. The number of nitro benzene ring substituents is 1. The maximum atomic E-state index is 12.2. The number of benzene rings is 2. The van der Waals surface area contributed by atoms with Gasteiger partial charge in [0.2, 0.25) is 0 Å². The minimum Gasteiger partial charge on any atom is -0.503 e. The smallest absolute Gasteiger partial charge is 0.288 e. The van der Waals surface area contributed by atoms with Crippen LogP contribution in [0.5, 0.6) is 11.5 Å². The lowest BCUT2D eigenvalue weighted by Crippen LogP contribution is -1.97. The molecule has 124 valence electrons. The summed E-state index contributed by atoms with van der Waals surface area (Å²) in [7, 11) is 1.41. The van der Waals surface area contributed by atoms with Crippen LogP contribution >= 0.6 is 27.5 Å². The second kappa shape index (κ2) is 7.46. The molecular formula is C16H11BrClNO5. The number of hydrogen-bond donors (Lipinski definition) is 1. The summed E-state index contributed by atoms with van der Waals surface area (Å²) in [6.07, 6.45) is 2.78. The molecule has 0 aliphatic carbocycles. The molecule has 0 heterocycles. The third-order valence-corrected chi connectivity index (χ3v) is 4.05. The van der Waals surface area contributed by atoms with E-state index in [0.717, 1.165) is 6.07 Å². The van der Waals surface area contributed by atoms with E-state index in [1.165, 1.54) is 31.4 Å². The summed E-state index contributed by atoms with van der Waals surface area (Å²) in [5.41, 5.74) is 0.422. The highest BCUT2D eigenvalue weighted by Gasteiger charge is 2.15. The first-order valence-electron chi connectivity index (χ1n) is 6.56. The fourth-order valence-electron chi connectivity index (χ4n) is 1.92. The topological polar surface area (TPSA) is 89.7 Å². The minimum atomic E-state index is -0.648. The molecule has 0 saturated carbocycles. The molecule has 6 nitrogen and oxygen atoms in total. The van der Waals surface area contributed by atoms with Gasteiger partial charge in [0.15, 0.2) is 17.3 Å². The third kappa shape index (κ3) is 3.93. The number of aromatic hydroxyl groups is 1. The first-order chi connectivity index (χ1) is 11.3. The molecule has 0 fully saturated rings. The molecule has 2 rings (SSSR count). The van der Waals surface area contributed by atoms with Crippen LogP contribution in [0.1, 0.15) is 15.9 Å². The molecule has 2 aromatic carbocycles. The van der Waals surface area contributed by atoms with E-state index in [9.17, 15) is 20.0 Å². The molecule has 0 bridgehead atoms. The molecule has 0 aliphatic rings. The second-order valence-electron chi connectivity index (χ2n) is 4.67. The van der Waals surface area contributed by atoms with E-state index < -0.39 is 10.7 Å². The molecule has 1 N–H and O–H groups in total. The molecule has 0 spiro atoms. The molecule has 0 atom stereocenters. The van der Waals surface area contributed by atoms with Gasteiger partial charge in [0.25, 0.3) is 5.69 Å². The van der Waals surface area contributed by atoms with Crippen molar-refractivity contribution in [2.24, 2.45) is 0 Å². The number of ketones is 1. The normalized spacial score (nSPS) is 10.8. The van der Waals surface area contributed by atoms with Crippen LogP contribution in [0.25, 0.3) is 6.08 Å². The third-order valence-electron chi connectivity index (χ3n) is 3.13. The number of methoxy groups -OCH3 is 1. The van der Waals surface area contributed by atoms with E-state index >= 15 is 0 Å². The highest BCUT2D eigenvalue weighted by Crippen LogP contribution is 2.35. The van der Waals surface area contributed by atoms with Crippen molar-refractivity contribution in [3.63, 3.8) is 0 Å². The number of hydrogen-bond acceptors (Lipinski definition) is 5. The van der Waals surface area contributed by atoms with Crippen molar-refractivity contribution in [3.8, 4) is 11.5 Å². The minimum absolute atomic E-state index is 0.0345. The largest absolute Gasteiger partial charge is 0.503 e. The van der Waals surface area contributed by atoms with Crippen LogP contribution in [0.15, 0.2) is 40.9 Å². The van der Waals surface area contributed by atoms with Crippen LogP contribution in [0, 0.1) is 10.1 Å². The molecule has 0 radical (unpaired) electrons. The number of ether oxygens (including phenoxy) is 1. The standard InChI is InChI=1S/C16H11BrClNO5/c1-24-15-7-9(6-11(17)16(15)21)2-5-14(20)10-3-4-12(18)13(8-10)19(22)23/h2-8,21H,1H3/b5-2+. The zero-order valence-electron chi connectivity index (χ0n) is 12.3. The Labute approximate surface area is 150 Å². The highest BCUT2D eigenvalue weighted by molar-refractivity contribution is 9.10. The Morgan fingerprint density at radius 1 is 1.38 bits per heavy atom.